The van der Waals surface area contributed by atoms with E-state index < -0.39 is 6.10 Å². The van der Waals surface area contributed by atoms with Gasteiger partial charge in [-0.1, -0.05) is 0 Å². The maximum absolute atomic E-state index is 8.96. The number of nitriles is 1. The zero-order chi connectivity index (χ0) is 18.5. The second kappa shape index (κ2) is 7.57. The maximum Gasteiger partial charge on any atom is 0.257 e. The van der Waals surface area contributed by atoms with Crippen molar-refractivity contribution in [2.45, 2.75) is 13.0 Å². The monoisotopic (exact) mass is 351 g/mol. The summed E-state index contributed by atoms with van der Waals surface area (Å²) in [5.74, 6) is 2.43. The van der Waals surface area contributed by atoms with E-state index in [1.54, 1.807) is 32.2 Å². The van der Waals surface area contributed by atoms with Crippen LogP contribution in [0.1, 0.15) is 24.5 Å². The normalized spacial score (nSPS) is 11.5. The van der Waals surface area contributed by atoms with Gasteiger partial charge in [0.1, 0.15) is 5.75 Å². The minimum absolute atomic E-state index is 0.335. The number of aromatic nitrogens is 2. The van der Waals surface area contributed by atoms with Gasteiger partial charge in [0, 0.05) is 11.6 Å². The molecule has 26 heavy (non-hydrogen) atoms. The average molecular weight is 351 g/mol. The summed E-state index contributed by atoms with van der Waals surface area (Å²) in [5.41, 5.74) is 1.27. The lowest BCUT2D eigenvalue weighted by molar-refractivity contribution is 0.182. The van der Waals surface area contributed by atoms with Crippen LogP contribution in [0.5, 0.6) is 17.2 Å². The third-order valence-corrected chi connectivity index (χ3v) is 3.72. The van der Waals surface area contributed by atoms with Crippen LogP contribution in [-0.4, -0.2) is 24.4 Å². The van der Waals surface area contributed by atoms with Crippen LogP contribution in [0.25, 0.3) is 11.5 Å². The highest BCUT2D eigenvalue weighted by Gasteiger charge is 2.18. The molecule has 1 aromatic heterocycles. The fourth-order valence-corrected chi connectivity index (χ4v) is 2.32. The van der Waals surface area contributed by atoms with E-state index in [4.69, 9.17) is 23.9 Å². The van der Waals surface area contributed by atoms with E-state index in [-0.39, 0.29) is 0 Å². The van der Waals surface area contributed by atoms with Crippen LogP contribution in [0.2, 0.25) is 0 Å². The molecule has 1 atom stereocenters. The molecule has 132 valence electrons. The second-order valence-electron chi connectivity index (χ2n) is 5.41. The lowest BCUT2D eigenvalue weighted by Gasteiger charge is -2.14. The molecule has 7 heteroatoms. The minimum Gasteiger partial charge on any atom is -0.497 e. The molecule has 0 saturated heterocycles. The Labute approximate surface area is 150 Å². The summed E-state index contributed by atoms with van der Waals surface area (Å²) in [7, 11) is 3.12. The first-order valence-corrected chi connectivity index (χ1v) is 7.87. The summed E-state index contributed by atoms with van der Waals surface area (Å²) in [6.07, 6.45) is -0.490. The molecule has 1 heterocycles. The number of hydrogen-bond acceptors (Lipinski definition) is 7. The standard InChI is InChI=1S/C19H17N3O4/c1-12(25-16-9-4-13(11-20)10-17(16)24-3)18-21-22-19(26-18)14-5-7-15(23-2)8-6-14/h4-10,12H,1-3H3/t12-/m0/s1. The molecule has 2 aromatic carbocycles. The van der Waals surface area contributed by atoms with Crippen molar-refractivity contribution in [2.75, 3.05) is 14.2 Å². The highest BCUT2D eigenvalue weighted by atomic mass is 16.5. The van der Waals surface area contributed by atoms with Gasteiger partial charge in [0.05, 0.1) is 25.9 Å². The van der Waals surface area contributed by atoms with Crippen LogP contribution in [0, 0.1) is 11.3 Å². The number of nitrogens with zero attached hydrogens (tertiary/aromatic N) is 3. The molecule has 0 unspecified atom stereocenters. The van der Waals surface area contributed by atoms with Crippen LogP contribution >= 0.6 is 0 Å². The van der Waals surface area contributed by atoms with E-state index >= 15 is 0 Å². The van der Waals surface area contributed by atoms with E-state index in [1.165, 1.54) is 7.11 Å². The molecule has 0 saturated carbocycles. The van der Waals surface area contributed by atoms with Crippen molar-refractivity contribution in [1.29, 1.82) is 5.26 Å². The van der Waals surface area contributed by atoms with Gasteiger partial charge in [-0.3, -0.25) is 0 Å². The SMILES string of the molecule is COc1ccc(-c2nnc([C@H](C)Oc3ccc(C#N)cc3OC)o2)cc1. The van der Waals surface area contributed by atoms with Crippen molar-refractivity contribution >= 4 is 0 Å². The molecule has 0 aliphatic rings. The molecular weight excluding hydrogens is 334 g/mol. The van der Waals surface area contributed by atoms with E-state index in [1.807, 2.05) is 24.3 Å². The highest BCUT2D eigenvalue weighted by molar-refractivity contribution is 5.54. The summed E-state index contributed by atoms with van der Waals surface area (Å²) in [5, 5.41) is 17.1. The molecule has 0 N–H and O–H groups in total. The fourth-order valence-electron chi connectivity index (χ4n) is 2.32. The molecule has 7 nitrogen and oxygen atoms in total. The number of methoxy groups -OCH3 is 2. The molecule has 0 aliphatic carbocycles. The van der Waals surface area contributed by atoms with E-state index in [0.29, 0.717) is 28.8 Å². The molecular formula is C19H17N3O4. The van der Waals surface area contributed by atoms with Crippen LogP contribution in [-0.2, 0) is 0 Å². The van der Waals surface area contributed by atoms with Gasteiger partial charge in [0.2, 0.25) is 5.89 Å². The molecule has 0 bridgehead atoms. The van der Waals surface area contributed by atoms with Gasteiger partial charge in [0.15, 0.2) is 17.6 Å². The Balaban J connectivity index is 1.78. The van der Waals surface area contributed by atoms with Crippen LogP contribution < -0.4 is 14.2 Å². The van der Waals surface area contributed by atoms with Gasteiger partial charge in [-0.25, -0.2) is 0 Å². The predicted octanol–water partition coefficient (Wildman–Crippen LogP) is 3.77. The summed E-state index contributed by atoms with van der Waals surface area (Å²) in [6.45, 7) is 1.79. The molecule has 0 aliphatic heterocycles. The lowest BCUT2D eigenvalue weighted by Crippen LogP contribution is -2.04. The fraction of sp³-hybridized carbons (Fsp3) is 0.211. The van der Waals surface area contributed by atoms with Crippen molar-refractivity contribution < 1.29 is 18.6 Å². The average Bonchev–Trinajstić information content (AvgIpc) is 3.18. The third-order valence-electron chi connectivity index (χ3n) is 3.72. The van der Waals surface area contributed by atoms with Gasteiger partial charge in [-0.15, -0.1) is 10.2 Å². The Morgan fingerprint density at radius 3 is 2.42 bits per heavy atom. The van der Waals surface area contributed by atoms with Crippen molar-refractivity contribution in [3.05, 3.63) is 53.9 Å². The smallest absolute Gasteiger partial charge is 0.257 e. The molecule has 3 aromatic rings. The first-order valence-electron chi connectivity index (χ1n) is 7.87. The zero-order valence-electron chi connectivity index (χ0n) is 14.6. The van der Waals surface area contributed by atoms with E-state index in [9.17, 15) is 0 Å². The Hall–Kier alpha value is -3.53. The van der Waals surface area contributed by atoms with E-state index in [2.05, 4.69) is 16.3 Å². The topological polar surface area (TPSA) is 90.4 Å². The van der Waals surface area contributed by atoms with Crippen molar-refractivity contribution in [3.63, 3.8) is 0 Å². The zero-order valence-corrected chi connectivity index (χ0v) is 14.6. The minimum atomic E-state index is -0.490. The van der Waals surface area contributed by atoms with Gasteiger partial charge >= 0.3 is 0 Å². The first kappa shape index (κ1) is 17.3. The van der Waals surface area contributed by atoms with Gasteiger partial charge in [-0.2, -0.15) is 5.26 Å². The Morgan fingerprint density at radius 2 is 1.77 bits per heavy atom. The first-order chi connectivity index (χ1) is 12.6. The molecule has 3 rings (SSSR count). The summed E-state index contributed by atoms with van der Waals surface area (Å²) < 4.78 is 22.0. The Bertz CT molecular complexity index is 929. The van der Waals surface area contributed by atoms with Gasteiger partial charge in [-0.05, 0) is 43.3 Å². The van der Waals surface area contributed by atoms with Crippen molar-refractivity contribution in [2.24, 2.45) is 0 Å². The lowest BCUT2D eigenvalue weighted by atomic mass is 10.2. The Kier molecular flexibility index (Phi) is 5.04. The quantitative estimate of drug-likeness (QED) is 0.667. The highest BCUT2D eigenvalue weighted by Crippen LogP contribution is 2.32. The van der Waals surface area contributed by atoms with E-state index in [0.717, 1.165) is 11.3 Å². The maximum atomic E-state index is 8.96. The van der Waals surface area contributed by atoms with Gasteiger partial charge in [0.25, 0.3) is 5.89 Å². The number of hydrogen-bond donors (Lipinski definition) is 0. The van der Waals surface area contributed by atoms with Gasteiger partial charge < -0.3 is 18.6 Å². The predicted molar refractivity (Wildman–Crippen MR) is 93.0 cm³/mol. The molecule has 0 fully saturated rings. The number of benzene rings is 2. The molecule has 0 radical (unpaired) electrons. The second-order valence-corrected chi connectivity index (χ2v) is 5.41. The van der Waals surface area contributed by atoms with Crippen LogP contribution in [0.3, 0.4) is 0 Å². The number of ether oxygens (including phenoxy) is 3. The Morgan fingerprint density at radius 1 is 1.00 bits per heavy atom. The van der Waals surface area contributed by atoms with Crippen LogP contribution in [0.4, 0.5) is 0 Å². The summed E-state index contributed by atoms with van der Waals surface area (Å²) in [4.78, 5) is 0. The summed E-state index contributed by atoms with van der Waals surface area (Å²) >= 11 is 0. The number of rotatable bonds is 6. The molecule has 0 amide bonds. The van der Waals surface area contributed by atoms with Crippen molar-refractivity contribution in [3.8, 4) is 34.8 Å². The van der Waals surface area contributed by atoms with Crippen molar-refractivity contribution in [1.82, 2.24) is 10.2 Å². The summed E-state index contributed by atoms with van der Waals surface area (Å²) in [6, 6.07) is 14.3. The molecule has 0 spiro atoms. The van der Waals surface area contributed by atoms with Crippen LogP contribution in [0.15, 0.2) is 46.9 Å². The largest absolute Gasteiger partial charge is 0.497 e. The third kappa shape index (κ3) is 3.59.